The SMILES string of the molecule is Cn1ccc(C(=O)Nc2ccccc2S(C)(=O)=O)cc1=O. The van der Waals surface area contributed by atoms with E-state index in [9.17, 15) is 18.0 Å². The van der Waals surface area contributed by atoms with Crippen LogP contribution in [0.3, 0.4) is 0 Å². The summed E-state index contributed by atoms with van der Waals surface area (Å²) in [4.78, 5) is 23.6. The highest BCUT2D eigenvalue weighted by molar-refractivity contribution is 7.90. The summed E-state index contributed by atoms with van der Waals surface area (Å²) in [6.07, 6.45) is 2.54. The Kier molecular flexibility index (Phi) is 3.95. The molecule has 1 amide bonds. The van der Waals surface area contributed by atoms with E-state index in [1.54, 1.807) is 19.2 Å². The Morgan fingerprint density at radius 2 is 1.86 bits per heavy atom. The number of pyridine rings is 1. The lowest BCUT2D eigenvalue weighted by Gasteiger charge is -2.09. The standard InChI is InChI=1S/C14H14N2O4S/c1-16-8-7-10(9-13(16)17)14(18)15-11-5-3-4-6-12(11)21(2,19)20/h3-9H,1-2H3,(H,15,18). The average molecular weight is 306 g/mol. The summed E-state index contributed by atoms with van der Waals surface area (Å²) in [5.41, 5.74) is 0.0335. The third-order valence-corrected chi connectivity index (χ3v) is 4.06. The van der Waals surface area contributed by atoms with Gasteiger partial charge in [0.15, 0.2) is 9.84 Å². The lowest BCUT2D eigenvalue weighted by Crippen LogP contribution is -2.20. The number of carbonyl (C=O) groups excluding carboxylic acids is 1. The Morgan fingerprint density at radius 3 is 2.48 bits per heavy atom. The van der Waals surface area contributed by atoms with Crippen LogP contribution in [-0.4, -0.2) is 25.1 Å². The van der Waals surface area contributed by atoms with Gasteiger partial charge < -0.3 is 9.88 Å². The Hall–Kier alpha value is -2.41. The molecule has 1 aromatic heterocycles. The Bertz CT molecular complexity index is 853. The first kappa shape index (κ1) is 15.0. The molecule has 0 spiro atoms. The number of sulfone groups is 1. The van der Waals surface area contributed by atoms with Crippen molar-refractivity contribution >= 4 is 21.4 Å². The molecule has 2 rings (SSSR count). The van der Waals surface area contributed by atoms with Gasteiger partial charge in [-0.3, -0.25) is 9.59 Å². The molecule has 0 saturated heterocycles. The maximum absolute atomic E-state index is 12.1. The van der Waals surface area contributed by atoms with Gasteiger partial charge in [0.2, 0.25) is 0 Å². The molecule has 0 aliphatic rings. The molecule has 1 aromatic carbocycles. The molecule has 110 valence electrons. The van der Waals surface area contributed by atoms with E-state index in [0.29, 0.717) is 0 Å². The summed E-state index contributed by atoms with van der Waals surface area (Å²) >= 11 is 0. The first-order valence-electron chi connectivity index (χ1n) is 6.06. The number of aromatic nitrogens is 1. The maximum Gasteiger partial charge on any atom is 0.255 e. The number of rotatable bonds is 3. The van der Waals surface area contributed by atoms with E-state index in [0.717, 1.165) is 6.26 Å². The predicted molar refractivity (Wildman–Crippen MR) is 79.2 cm³/mol. The third kappa shape index (κ3) is 3.38. The zero-order valence-electron chi connectivity index (χ0n) is 11.5. The van der Waals surface area contributed by atoms with E-state index in [2.05, 4.69) is 5.32 Å². The van der Waals surface area contributed by atoms with Crippen molar-refractivity contribution in [3.63, 3.8) is 0 Å². The Labute approximate surface area is 122 Å². The van der Waals surface area contributed by atoms with Crippen LogP contribution in [0.5, 0.6) is 0 Å². The van der Waals surface area contributed by atoms with Crippen LogP contribution in [0.1, 0.15) is 10.4 Å². The lowest BCUT2D eigenvalue weighted by atomic mass is 10.2. The van der Waals surface area contributed by atoms with E-state index in [4.69, 9.17) is 0 Å². The van der Waals surface area contributed by atoms with Gasteiger partial charge in [0, 0.05) is 31.1 Å². The van der Waals surface area contributed by atoms with Gasteiger partial charge in [0.1, 0.15) is 0 Å². The van der Waals surface area contributed by atoms with Crippen molar-refractivity contribution in [2.75, 3.05) is 11.6 Å². The highest BCUT2D eigenvalue weighted by Gasteiger charge is 2.15. The zero-order chi connectivity index (χ0) is 15.6. The quantitative estimate of drug-likeness (QED) is 0.918. The van der Waals surface area contributed by atoms with Crippen molar-refractivity contribution in [3.05, 3.63) is 58.5 Å². The van der Waals surface area contributed by atoms with Crippen molar-refractivity contribution in [1.29, 1.82) is 0 Å². The number of aryl methyl sites for hydroxylation is 1. The molecule has 6 nitrogen and oxygen atoms in total. The number of para-hydroxylation sites is 1. The fourth-order valence-corrected chi connectivity index (χ4v) is 2.62. The fourth-order valence-electron chi connectivity index (χ4n) is 1.78. The number of amides is 1. The van der Waals surface area contributed by atoms with Crippen LogP contribution in [0.2, 0.25) is 0 Å². The van der Waals surface area contributed by atoms with Gasteiger partial charge in [0.25, 0.3) is 11.5 Å². The second kappa shape index (κ2) is 5.53. The molecule has 0 fully saturated rings. The molecule has 2 aromatic rings. The molecule has 0 aliphatic carbocycles. The van der Waals surface area contributed by atoms with Crippen LogP contribution in [0.15, 0.2) is 52.3 Å². The Balaban J connectivity index is 2.37. The number of carbonyl (C=O) groups is 1. The van der Waals surface area contributed by atoms with Gasteiger partial charge in [-0.1, -0.05) is 12.1 Å². The second-order valence-electron chi connectivity index (χ2n) is 4.59. The fraction of sp³-hybridized carbons (Fsp3) is 0.143. The van der Waals surface area contributed by atoms with E-state index in [1.165, 1.54) is 35.0 Å². The minimum absolute atomic E-state index is 0.0298. The van der Waals surface area contributed by atoms with E-state index >= 15 is 0 Å². The van der Waals surface area contributed by atoms with E-state index in [-0.39, 0.29) is 21.7 Å². The number of nitrogens with zero attached hydrogens (tertiary/aromatic N) is 1. The molecule has 0 aliphatic heterocycles. The van der Waals surface area contributed by atoms with Gasteiger partial charge in [0.05, 0.1) is 10.6 Å². The minimum Gasteiger partial charge on any atom is -0.321 e. The van der Waals surface area contributed by atoms with Crippen LogP contribution in [0.25, 0.3) is 0 Å². The molecule has 0 atom stereocenters. The van der Waals surface area contributed by atoms with Gasteiger partial charge in [-0.05, 0) is 18.2 Å². The summed E-state index contributed by atoms with van der Waals surface area (Å²) in [6, 6.07) is 8.78. The largest absolute Gasteiger partial charge is 0.321 e. The topological polar surface area (TPSA) is 85.2 Å². The molecule has 7 heteroatoms. The molecule has 0 bridgehead atoms. The summed E-state index contributed by atoms with van der Waals surface area (Å²) in [5, 5.41) is 2.51. The molecule has 0 unspecified atom stereocenters. The molecule has 0 radical (unpaired) electrons. The maximum atomic E-state index is 12.1. The summed E-state index contributed by atoms with van der Waals surface area (Å²) in [7, 11) is -1.88. The van der Waals surface area contributed by atoms with Gasteiger partial charge in [-0.25, -0.2) is 8.42 Å². The molecular formula is C14H14N2O4S. The second-order valence-corrected chi connectivity index (χ2v) is 6.57. The number of hydrogen-bond acceptors (Lipinski definition) is 4. The van der Waals surface area contributed by atoms with Crippen molar-refractivity contribution in [2.45, 2.75) is 4.90 Å². The van der Waals surface area contributed by atoms with Crippen LogP contribution in [-0.2, 0) is 16.9 Å². The molecule has 1 N–H and O–H groups in total. The molecular weight excluding hydrogens is 292 g/mol. The zero-order valence-corrected chi connectivity index (χ0v) is 12.3. The first-order valence-corrected chi connectivity index (χ1v) is 7.95. The normalized spacial score (nSPS) is 11.1. The highest BCUT2D eigenvalue weighted by Crippen LogP contribution is 2.21. The average Bonchev–Trinajstić information content (AvgIpc) is 2.41. The predicted octanol–water partition coefficient (Wildman–Crippen LogP) is 1.04. The monoisotopic (exact) mass is 306 g/mol. The smallest absolute Gasteiger partial charge is 0.255 e. The summed E-state index contributed by atoms with van der Waals surface area (Å²) < 4.78 is 24.7. The number of nitrogens with one attached hydrogen (secondary N) is 1. The first-order chi connectivity index (χ1) is 9.79. The van der Waals surface area contributed by atoms with Crippen LogP contribution < -0.4 is 10.9 Å². The van der Waals surface area contributed by atoms with Crippen LogP contribution in [0.4, 0.5) is 5.69 Å². The van der Waals surface area contributed by atoms with Gasteiger partial charge in [-0.15, -0.1) is 0 Å². The van der Waals surface area contributed by atoms with Crippen LogP contribution >= 0.6 is 0 Å². The number of anilines is 1. The molecule has 21 heavy (non-hydrogen) atoms. The summed E-state index contributed by atoms with van der Waals surface area (Å²) in [6.45, 7) is 0. The molecule has 0 saturated carbocycles. The van der Waals surface area contributed by atoms with Crippen molar-refractivity contribution in [3.8, 4) is 0 Å². The number of hydrogen-bond donors (Lipinski definition) is 1. The third-order valence-electron chi connectivity index (χ3n) is 2.90. The lowest BCUT2D eigenvalue weighted by molar-refractivity contribution is 0.102. The van der Waals surface area contributed by atoms with Crippen molar-refractivity contribution in [2.24, 2.45) is 7.05 Å². The Morgan fingerprint density at radius 1 is 1.19 bits per heavy atom. The number of benzene rings is 1. The van der Waals surface area contributed by atoms with Gasteiger partial charge in [-0.2, -0.15) is 0 Å². The van der Waals surface area contributed by atoms with Gasteiger partial charge >= 0.3 is 0 Å². The minimum atomic E-state index is -3.46. The van der Waals surface area contributed by atoms with Crippen molar-refractivity contribution in [1.82, 2.24) is 4.57 Å². The van der Waals surface area contributed by atoms with E-state index < -0.39 is 15.7 Å². The highest BCUT2D eigenvalue weighted by atomic mass is 32.2. The van der Waals surface area contributed by atoms with Crippen molar-refractivity contribution < 1.29 is 13.2 Å². The molecule has 1 heterocycles. The van der Waals surface area contributed by atoms with Crippen LogP contribution in [0, 0.1) is 0 Å². The summed E-state index contributed by atoms with van der Waals surface area (Å²) in [5.74, 6) is -0.538. The van der Waals surface area contributed by atoms with E-state index in [1.807, 2.05) is 0 Å².